The number of aryl methyl sites for hydroxylation is 1. The number of carboxylic acid groups (broad SMARTS) is 1. The third-order valence-electron chi connectivity index (χ3n) is 4.02. The van der Waals surface area contributed by atoms with Crippen molar-refractivity contribution in [1.29, 1.82) is 0 Å². The maximum absolute atomic E-state index is 12.7. The smallest absolute Gasteiger partial charge is 0.337 e. The van der Waals surface area contributed by atoms with Gasteiger partial charge in [0.15, 0.2) is 0 Å². The Bertz CT molecular complexity index is 719. The summed E-state index contributed by atoms with van der Waals surface area (Å²) < 4.78 is 31.3. The van der Waals surface area contributed by atoms with Gasteiger partial charge in [-0.2, -0.15) is 4.31 Å². The van der Waals surface area contributed by atoms with Crippen molar-refractivity contribution >= 4 is 22.0 Å². The van der Waals surface area contributed by atoms with E-state index in [2.05, 4.69) is 4.74 Å². The predicted octanol–water partition coefficient (Wildman–Crippen LogP) is 1.27. The molecule has 1 saturated heterocycles. The minimum atomic E-state index is -3.70. The Labute approximate surface area is 134 Å². The Morgan fingerprint density at radius 2 is 1.87 bits per heavy atom. The van der Waals surface area contributed by atoms with Crippen LogP contribution in [0.25, 0.3) is 0 Å². The third-order valence-corrected chi connectivity index (χ3v) is 6.08. The van der Waals surface area contributed by atoms with Crippen molar-refractivity contribution < 1.29 is 27.9 Å². The van der Waals surface area contributed by atoms with Gasteiger partial charge < -0.3 is 9.84 Å². The number of sulfonamides is 1. The molecule has 0 spiro atoms. The van der Waals surface area contributed by atoms with Crippen molar-refractivity contribution in [2.75, 3.05) is 20.2 Å². The summed E-state index contributed by atoms with van der Waals surface area (Å²) in [4.78, 5) is 22.6. The number of piperidine rings is 1. The standard InChI is InChI=1S/C15H19NO6S/c1-10-9-12(15(19)22-2)3-4-13(10)23(20,21)16-7-5-11(6-8-16)14(17)18/h3-4,9,11H,5-8H2,1-2H3,(H,17,18). The monoisotopic (exact) mass is 341 g/mol. The minimum absolute atomic E-state index is 0.124. The van der Waals surface area contributed by atoms with Crippen LogP contribution in [0, 0.1) is 12.8 Å². The van der Waals surface area contributed by atoms with E-state index < -0.39 is 27.9 Å². The molecule has 8 heteroatoms. The molecule has 0 unspecified atom stereocenters. The first-order chi connectivity index (χ1) is 10.8. The fourth-order valence-electron chi connectivity index (χ4n) is 2.67. The Morgan fingerprint density at radius 1 is 1.26 bits per heavy atom. The van der Waals surface area contributed by atoms with Crippen LogP contribution in [-0.2, 0) is 19.6 Å². The van der Waals surface area contributed by atoms with Gasteiger partial charge in [-0.15, -0.1) is 0 Å². The van der Waals surface area contributed by atoms with Gasteiger partial charge in [0, 0.05) is 13.1 Å². The number of nitrogens with zero attached hydrogens (tertiary/aromatic N) is 1. The molecule has 1 aromatic rings. The summed E-state index contributed by atoms with van der Waals surface area (Å²) in [5.74, 6) is -1.91. The molecule has 1 fully saturated rings. The second-order valence-electron chi connectivity index (χ2n) is 5.49. The number of aliphatic carboxylic acids is 1. The number of hydrogen-bond donors (Lipinski definition) is 1. The fraction of sp³-hybridized carbons (Fsp3) is 0.467. The van der Waals surface area contributed by atoms with Gasteiger partial charge in [-0.25, -0.2) is 13.2 Å². The lowest BCUT2D eigenvalue weighted by molar-refractivity contribution is -0.142. The van der Waals surface area contributed by atoms with E-state index in [-0.39, 0.29) is 23.5 Å². The maximum Gasteiger partial charge on any atom is 0.337 e. The normalized spacial score (nSPS) is 17.0. The molecule has 1 aromatic carbocycles. The van der Waals surface area contributed by atoms with Gasteiger partial charge in [0.25, 0.3) is 0 Å². The van der Waals surface area contributed by atoms with E-state index >= 15 is 0 Å². The molecule has 7 nitrogen and oxygen atoms in total. The Morgan fingerprint density at radius 3 is 2.35 bits per heavy atom. The number of methoxy groups -OCH3 is 1. The summed E-state index contributed by atoms with van der Waals surface area (Å²) in [6.45, 7) is 1.97. The van der Waals surface area contributed by atoms with Crippen molar-refractivity contribution in [1.82, 2.24) is 4.31 Å². The number of esters is 1. The number of rotatable bonds is 4. The highest BCUT2D eigenvalue weighted by atomic mass is 32.2. The van der Waals surface area contributed by atoms with E-state index in [0.29, 0.717) is 18.4 Å². The van der Waals surface area contributed by atoms with Gasteiger partial charge >= 0.3 is 11.9 Å². The second-order valence-corrected chi connectivity index (χ2v) is 7.39. The lowest BCUT2D eigenvalue weighted by Crippen LogP contribution is -2.40. The topological polar surface area (TPSA) is 101 Å². The Balaban J connectivity index is 2.24. The van der Waals surface area contributed by atoms with Crippen molar-refractivity contribution in [3.05, 3.63) is 29.3 Å². The molecule has 1 aliphatic heterocycles. The molecular weight excluding hydrogens is 322 g/mol. The SMILES string of the molecule is COC(=O)c1ccc(S(=O)(=O)N2CCC(C(=O)O)CC2)c(C)c1. The summed E-state index contributed by atoms with van der Waals surface area (Å²) >= 11 is 0. The van der Waals surface area contributed by atoms with Crippen LogP contribution in [0.15, 0.2) is 23.1 Å². The molecule has 0 saturated carbocycles. The van der Waals surface area contributed by atoms with Gasteiger partial charge in [-0.05, 0) is 43.5 Å². The van der Waals surface area contributed by atoms with E-state index in [1.54, 1.807) is 6.92 Å². The van der Waals surface area contributed by atoms with E-state index in [4.69, 9.17) is 5.11 Å². The molecule has 0 aromatic heterocycles. The van der Waals surface area contributed by atoms with E-state index in [9.17, 15) is 18.0 Å². The van der Waals surface area contributed by atoms with Crippen LogP contribution in [0.5, 0.6) is 0 Å². The first-order valence-electron chi connectivity index (χ1n) is 7.19. The van der Waals surface area contributed by atoms with Gasteiger partial charge in [-0.1, -0.05) is 0 Å². The molecule has 0 atom stereocenters. The minimum Gasteiger partial charge on any atom is -0.481 e. The van der Waals surface area contributed by atoms with Gasteiger partial charge in [0.1, 0.15) is 0 Å². The molecule has 1 heterocycles. The van der Waals surface area contributed by atoms with E-state index in [1.165, 1.54) is 29.6 Å². The average Bonchev–Trinajstić information content (AvgIpc) is 2.53. The molecular formula is C15H19NO6S. The molecule has 0 aliphatic carbocycles. The quantitative estimate of drug-likeness (QED) is 0.828. The van der Waals surface area contributed by atoms with Crippen molar-refractivity contribution in [3.8, 4) is 0 Å². The first-order valence-corrected chi connectivity index (χ1v) is 8.63. The largest absolute Gasteiger partial charge is 0.481 e. The van der Waals surface area contributed by atoms with Crippen molar-refractivity contribution in [2.24, 2.45) is 5.92 Å². The number of carboxylic acids is 1. The van der Waals surface area contributed by atoms with Gasteiger partial charge in [0.05, 0.1) is 23.5 Å². The van der Waals surface area contributed by atoms with Crippen LogP contribution >= 0.6 is 0 Å². The highest BCUT2D eigenvalue weighted by molar-refractivity contribution is 7.89. The fourth-order valence-corrected chi connectivity index (χ4v) is 4.34. The summed E-state index contributed by atoms with van der Waals surface area (Å²) in [6, 6.07) is 4.28. The van der Waals surface area contributed by atoms with E-state index in [0.717, 1.165) is 0 Å². The summed E-state index contributed by atoms with van der Waals surface area (Å²) in [5, 5.41) is 8.98. The summed E-state index contributed by atoms with van der Waals surface area (Å²) in [7, 11) is -2.44. The summed E-state index contributed by atoms with van der Waals surface area (Å²) in [5.41, 5.74) is 0.738. The lowest BCUT2D eigenvalue weighted by Gasteiger charge is -2.29. The highest BCUT2D eigenvalue weighted by Crippen LogP contribution is 2.26. The van der Waals surface area contributed by atoms with Gasteiger partial charge in [0.2, 0.25) is 10.0 Å². The number of carbonyl (C=O) groups excluding carboxylic acids is 1. The van der Waals surface area contributed by atoms with Crippen molar-refractivity contribution in [3.63, 3.8) is 0 Å². The number of carbonyl (C=O) groups is 2. The van der Waals surface area contributed by atoms with Crippen LogP contribution in [0.1, 0.15) is 28.8 Å². The van der Waals surface area contributed by atoms with Crippen LogP contribution in [0.2, 0.25) is 0 Å². The van der Waals surface area contributed by atoms with Crippen molar-refractivity contribution in [2.45, 2.75) is 24.7 Å². The first kappa shape index (κ1) is 17.4. The zero-order valence-corrected chi connectivity index (χ0v) is 13.8. The maximum atomic E-state index is 12.7. The molecule has 1 aliphatic rings. The third kappa shape index (κ3) is 3.53. The second kappa shape index (κ2) is 6.67. The molecule has 0 radical (unpaired) electrons. The van der Waals surface area contributed by atoms with Crippen LogP contribution < -0.4 is 0 Å². The van der Waals surface area contributed by atoms with Crippen LogP contribution in [-0.4, -0.2) is 50.0 Å². The Hall–Kier alpha value is -1.93. The summed E-state index contributed by atoms with van der Waals surface area (Å²) in [6.07, 6.45) is 0.599. The molecule has 126 valence electrons. The molecule has 0 bridgehead atoms. The molecule has 1 N–H and O–H groups in total. The zero-order valence-electron chi connectivity index (χ0n) is 13.0. The number of hydrogen-bond acceptors (Lipinski definition) is 5. The molecule has 2 rings (SSSR count). The highest BCUT2D eigenvalue weighted by Gasteiger charge is 2.32. The van der Waals surface area contributed by atoms with Crippen LogP contribution in [0.4, 0.5) is 0 Å². The number of benzene rings is 1. The Kier molecular flexibility index (Phi) is 5.06. The lowest BCUT2D eigenvalue weighted by atomic mass is 9.99. The molecule has 23 heavy (non-hydrogen) atoms. The predicted molar refractivity (Wildman–Crippen MR) is 81.6 cm³/mol. The average molecular weight is 341 g/mol. The van der Waals surface area contributed by atoms with E-state index in [1.807, 2.05) is 0 Å². The van der Waals surface area contributed by atoms with Crippen LogP contribution in [0.3, 0.4) is 0 Å². The van der Waals surface area contributed by atoms with Gasteiger partial charge in [-0.3, -0.25) is 4.79 Å². The zero-order chi connectivity index (χ0) is 17.2. The number of ether oxygens (including phenoxy) is 1. The molecule has 0 amide bonds.